The maximum Gasteiger partial charge on any atom is 0.297 e. The van der Waals surface area contributed by atoms with Crippen LogP contribution < -0.4 is 0 Å². The van der Waals surface area contributed by atoms with Crippen molar-refractivity contribution < 1.29 is 13.2 Å². The predicted molar refractivity (Wildman–Crippen MR) is 74.3 cm³/mol. The lowest BCUT2D eigenvalue weighted by Crippen LogP contribution is -2.09. The lowest BCUT2D eigenvalue weighted by Gasteiger charge is -2.08. The topological polar surface area (TPSA) is 74.1 Å². The highest BCUT2D eigenvalue weighted by molar-refractivity contribution is 8.13. The molecule has 0 saturated heterocycles. The zero-order chi connectivity index (χ0) is 14.6. The second kappa shape index (κ2) is 6.34. The van der Waals surface area contributed by atoms with Gasteiger partial charge in [0.15, 0.2) is 5.82 Å². The van der Waals surface area contributed by atoms with E-state index in [4.69, 9.17) is 15.4 Å². The maximum atomic E-state index is 11.6. The normalized spacial score (nSPS) is 11.7. The molecule has 0 atom stereocenters. The van der Waals surface area contributed by atoms with Crippen molar-refractivity contribution in [3.05, 3.63) is 36.2 Å². The van der Waals surface area contributed by atoms with Crippen LogP contribution in [-0.2, 0) is 20.4 Å². The maximum absolute atomic E-state index is 11.6. The Hall–Kier alpha value is -1.44. The van der Waals surface area contributed by atoms with E-state index < -0.39 is 9.05 Å². The largest absolute Gasteiger partial charge is 0.373 e. The summed E-state index contributed by atoms with van der Waals surface area (Å²) in [4.78, 5) is 0. The van der Waals surface area contributed by atoms with E-state index in [0.29, 0.717) is 18.1 Å². The molecule has 0 fully saturated rings. The Balaban J connectivity index is 2.46. The Morgan fingerprint density at radius 1 is 1.25 bits per heavy atom. The summed E-state index contributed by atoms with van der Waals surface area (Å²) >= 11 is 0. The molecule has 1 aromatic carbocycles. The van der Waals surface area contributed by atoms with Crippen molar-refractivity contribution in [3.8, 4) is 5.69 Å². The molecule has 0 aliphatic rings. The third kappa shape index (κ3) is 3.36. The van der Waals surface area contributed by atoms with Gasteiger partial charge in [-0.2, -0.15) is 0 Å². The van der Waals surface area contributed by atoms with Crippen molar-refractivity contribution in [2.75, 3.05) is 6.61 Å². The van der Waals surface area contributed by atoms with E-state index in [-0.39, 0.29) is 11.8 Å². The molecule has 0 N–H and O–H groups in total. The third-order valence-electron chi connectivity index (χ3n) is 2.51. The Bertz CT molecular complexity index is 671. The van der Waals surface area contributed by atoms with Crippen LogP contribution in [0.3, 0.4) is 0 Å². The second-order valence-electron chi connectivity index (χ2n) is 4.06. The first-order valence-corrected chi connectivity index (χ1v) is 8.37. The smallest absolute Gasteiger partial charge is 0.297 e. The summed E-state index contributed by atoms with van der Waals surface area (Å²) in [7, 11) is 1.41. The molecule has 0 amide bonds. The SMILES string of the molecule is CCCOCc1nnc(S(=O)(=O)Cl)n1-c1ccccc1. The first kappa shape index (κ1) is 15.0. The number of para-hydroxylation sites is 1. The van der Waals surface area contributed by atoms with Crippen LogP contribution in [0.1, 0.15) is 19.2 Å². The number of aromatic nitrogens is 3. The van der Waals surface area contributed by atoms with E-state index in [1.807, 2.05) is 13.0 Å². The van der Waals surface area contributed by atoms with E-state index in [9.17, 15) is 8.42 Å². The molecule has 20 heavy (non-hydrogen) atoms. The molecule has 0 radical (unpaired) electrons. The number of hydrogen-bond acceptors (Lipinski definition) is 5. The molecule has 2 rings (SSSR count). The molecular formula is C12H14ClN3O3S. The van der Waals surface area contributed by atoms with Crippen molar-refractivity contribution in [3.63, 3.8) is 0 Å². The van der Waals surface area contributed by atoms with Crippen molar-refractivity contribution in [1.29, 1.82) is 0 Å². The second-order valence-corrected chi connectivity index (χ2v) is 6.52. The van der Waals surface area contributed by atoms with Crippen molar-refractivity contribution >= 4 is 19.7 Å². The highest BCUT2D eigenvalue weighted by Crippen LogP contribution is 2.20. The summed E-state index contributed by atoms with van der Waals surface area (Å²) in [5, 5.41) is 7.21. The van der Waals surface area contributed by atoms with E-state index in [2.05, 4.69) is 10.2 Å². The predicted octanol–water partition coefficient (Wildman–Crippen LogP) is 2.12. The Morgan fingerprint density at radius 3 is 2.55 bits per heavy atom. The fourth-order valence-corrected chi connectivity index (χ4v) is 2.56. The summed E-state index contributed by atoms with van der Waals surface area (Å²) in [5.74, 6) is 0.392. The molecule has 0 unspecified atom stereocenters. The van der Waals surface area contributed by atoms with Gasteiger partial charge in [-0.3, -0.25) is 4.57 Å². The van der Waals surface area contributed by atoms with E-state index in [1.54, 1.807) is 24.3 Å². The van der Waals surface area contributed by atoms with Crippen LogP contribution in [0, 0.1) is 0 Å². The van der Waals surface area contributed by atoms with Crippen LogP contribution in [0.2, 0.25) is 0 Å². The van der Waals surface area contributed by atoms with Crippen LogP contribution >= 0.6 is 10.7 Å². The summed E-state index contributed by atoms with van der Waals surface area (Å²) in [6.07, 6.45) is 0.861. The zero-order valence-electron chi connectivity index (χ0n) is 10.9. The molecule has 2 aromatic rings. The fraction of sp³-hybridized carbons (Fsp3) is 0.333. The first-order chi connectivity index (χ1) is 9.54. The summed E-state index contributed by atoms with van der Waals surface area (Å²) in [6.45, 7) is 2.71. The Morgan fingerprint density at radius 2 is 1.95 bits per heavy atom. The average Bonchev–Trinajstić information content (AvgIpc) is 2.84. The summed E-state index contributed by atoms with van der Waals surface area (Å²) in [6, 6.07) is 8.90. The van der Waals surface area contributed by atoms with Crippen molar-refractivity contribution in [2.24, 2.45) is 0 Å². The summed E-state index contributed by atoms with van der Waals surface area (Å²) in [5.41, 5.74) is 0.617. The minimum Gasteiger partial charge on any atom is -0.373 e. The van der Waals surface area contributed by atoms with Gasteiger partial charge in [0, 0.05) is 23.0 Å². The first-order valence-electron chi connectivity index (χ1n) is 6.06. The lowest BCUT2D eigenvalue weighted by atomic mass is 10.3. The van der Waals surface area contributed by atoms with E-state index in [1.165, 1.54) is 4.57 Å². The molecule has 0 aliphatic carbocycles. The van der Waals surface area contributed by atoms with Crippen LogP contribution in [0.25, 0.3) is 5.69 Å². The quantitative estimate of drug-likeness (QED) is 0.603. The zero-order valence-corrected chi connectivity index (χ0v) is 12.4. The lowest BCUT2D eigenvalue weighted by molar-refractivity contribution is 0.114. The average molecular weight is 316 g/mol. The molecule has 0 spiro atoms. The van der Waals surface area contributed by atoms with Crippen LogP contribution in [0.5, 0.6) is 0 Å². The minimum atomic E-state index is -3.99. The van der Waals surface area contributed by atoms with Crippen molar-refractivity contribution in [2.45, 2.75) is 25.1 Å². The molecule has 1 heterocycles. The minimum absolute atomic E-state index is 0.169. The molecule has 108 valence electrons. The highest BCUT2D eigenvalue weighted by atomic mass is 35.7. The number of benzene rings is 1. The van der Waals surface area contributed by atoms with Crippen LogP contribution in [0.15, 0.2) is 35.5 Å². The number of hydrogen-bond donors (Lipinski definition) is 0. The number of rotatable bonds is 6. The van der Waals surface area contributed by atoms with Gasteiger partial charge in [-0.1, -0.05) is 25.1 Å². The molecule has 8 heteroatoms. The standard InChI is InChI=1S/C12H14ClN3O3S/c1-2-8-19-9-11-14-15-12(20(13,17)18)16(11)10-6-4-3-5-7-10/h3-7H,2,8-9H2,1H3. The summed E-state index contributed by atoms with van der Waals surface area (Å²) < 4.78 is 29.9. The third-order valence-corrected chi connectivity index (χ3v) is 3.63. The highest BCUT2D eigenvalue weighted by Gasteiger charge is 2.23. The van der Waals surface area contributed by atoms with E-state index in [0.717, 1.165) is 6.42 Å². The van der Waals surface area contributed by atoms with Gasteiger partial charge in [0.1, 0.15) is 6.61 Å². The van der Waals surface area contributed by atoms with Gasteiger partial charge in [0.05, 0.1) is 0 Å². The van der Waals surface area contributed by atoms with Gasteiger partial charge in [0.2, 0.25) is 0 Å². The van der Waals surface area contributed by atoms with Gasteiger partial charge < -0.3 is 4.74 Å². The molecule has 1 aromatic heterocycles. The monoisotopic (exact) mass is 315 g/mol. The number of nitrogens with zero attached hydrogens (tertiary/aromatic N) is 3. The van der Waals surface area contributed by atoms with Gasteiger partial charge >= 0.3 is 0 Å². The Labute approximate surface area is 121 Å². The molecular weight excluding hydrogens is 302 g/mol. The van der Waals surface area contributed by atoms with Crippen molar-refractivity contribution in [1.82, 2.24) is 14.8 Å². The van der Waals surface area contributed by atoms with Crippen LogP contribution in [-0.4, -0.2) is 29.8 Å². The molecule has 0 aliphatic heterocycles. The number of ether oxygens (including phenoxy) is 1. The van der Waals surface area contributed by atoms with Gasteiger partial charge in [-0.25, -0.2) is 8.42 Å². The Kier molecular flexibility index (Phi) is 4.74. The fourth-order valence-electron chi connectivity index (χ4n) is 1.70. The molecule has 6 nitrogen and oxygen atoms in total. The van der Waals surface area contributed by atoms with Gasteiger partial charge in [0.25, 0.3) is 14.2 Å². The van der Waals surface area contributed by atoms with Crippen LogP contribution in [0.4, 0.5) is 0 Å². The number of halogens is 1. The van der Waals surface area contributed by atoms with E-state index >= 15 is 0 Å². The molecule has 0 saturated carbocycles. The molecule has 0 bridgehead atoms. The van der Waals surface area contributed by atoms with Gasteiger partial charge in [-0.05, 0) is 18.6 Å². The van der Waals surface area contributed by atoms with Gasteiger partial charge in [-0.15, -0.1) is 10.2 Å².